The summed E-state index contributed by atoms with van der Waals surface area (Å²) in [7, 11) is 1.72. The number of hydrogen-bond acceptors (Lipinski definition) is 3. The third kappa shape index (κ3) is 2.42. The van der Waals surface area contributed by atoms with Gasteiger partial charge in [-0.25, -0.2) is 0 Å². The maximum absolute atomic E-state index is 12.9. The molecule has 2 fully saturated rings. The number of methoxy groups -OCH3 is 1. The molecule has 4 heteroatoms. The number of likely N-dealkylation sites (tertiary alicyclic amines) is 1. The number of hydrogen-bond donors (Lipinski definition) is 0. The minimum Gasteiger partial charge on any atom is -0.384 e. The van der Waals surface area contributed by atoms with Gasteiger partial charge < -0.3 is 14.4 Å². The fraction of sp³-hybridized carbons (Fsp3) is 0.421. The first-order valence-electron chi connectivity index (χ1n) is 8.07. The van der Waals surface area contributed by atoms with E-state index in [1.54, 1.807) is 7.11 Å². The van der Waals surface area contributed by atoms with Crippen molar-refractivity contribution in [2.45, 2.75) is 0 Å². The summed E-state index contributed by atoms with van der Waals surface area (Å²) in [5, 5.41) is 2.26. The van der Waals surface area contributed by atoms with Gasteiger partial charge in [-0.3, -0.25) is 4.79 Å². The Morgan fingerprint density at radius 1 is 1.30 bits per heavy atom. The molecule has 120 valence electrons. The number of carbonyl (C=O) groups excluding carboxylic acids is 1. The average molecular weight is 311 g/mol. The van der Waals surface area contributed by atoms with E-state index in [0.717, 1.165) is 36.0 Å². The predicted molar refractivity (Wildman–Crippen MR) is 88.5 cm³/mol. The van der Waals surface area contributed by atoms with Gasteiger partial charge in [-0.15, -0.1) is 0 Å². The van der Waals surface area contributed by atoms with Gasteiger partial charge in [0.2, 0.25) is 0 Å². The van der Waals surface area contributed by atoms with Crippen LogP contribution in [0, 0.1) is 11.3 Å². The maximum atomic E-state index is 12.9. The monoisotopic (exact) mass is 311 g/mol. The topological polar surface area (TPSA) is 38.8 Å². The fourth-order valence-corrected chi connectivity index (χ4v) is 3.98. The summed E-state index contributed by atoms with van der Waals surface area (Å²) in [6.45, 7) is 3.54. The van der Waals surface area contributed by atoms with E-state index >= 15 is 0 Å². The normalized spacial score (nSPS) is 26.7. The number of fused-ring (bicyclic) bond motifs is 2. The van der Waals surface area contributed by atoms with Crippen molar-refractivity contribution >= 4 is 16.7 Å². The van der Waals surface area contributed by atoms with Crippen LogP contribution in [-0.2, 0) is 9.47 Å². The molecule has 0 aromatic heterocycles. The molecule has 2 aliphatic rings. The molecular formula is C19H21NO3. The molecule has 2 aromatic rings. The zero-order valence-electron chi connectivity index (χ0n) is 13.3. The Balaban J connectivity index is 1.59. The van der Waals surface area contributed by atoms with Gasteiger partial charge >= 0.3 is 0 Å². The summed E-state index contributed by atoms with van der Waals surface area (Å²) < 4.78 is 11.0. The minimum absolute atomic E-state index is 0.0265. The smallest absolute Gasteiger partial charge is 0.253 e. The third-order valence-electron chi connectivity index (χ3n) is 5.24. The van der Waals surface area contributed by atoms with Crippen LogP contribution < -0.4 is 0 Å². The van der Waals surface area contributed by atoms with Crippen molar-refractivity contribution in [3.05, 3.63) is 48.0 Å². The molecule has 0 bridgehead atoms. The van der Waals surface area contributed by atoms with Gasteiger partial charge in [0, 0.05) is 37.1 Å². The van der Waals surface area contributed by atoms with Gasteiger partial charge in [0.15, 0.2) is 0 Å². The SMILES string of the molecule is COC[C@]12COC[C@H]1CN(C(=O)c1ccc3ccccc3c1)C2. The van der Waals surface area contributed by atoms with Gasteiger partial charge in [0.1, 0.15) is 0 Å². The van der Waals surface area contributed by atoms with E-state index in [9.17, 15) is 4.79 Å². The highest BCUT2D eigenvalue weighted by Crippen LogP contribution is 2.41. The molecule has 4 rings (SSSR count). The Hall–Kier alpha value is -1.91. The molecule has 0 saturated carbocycles. The van der Waals surface area contributed by atoms with Crippen molar-refractivity contribution in [1.29, 1.82) is 0 Å². The second kappa shape index (κ2) is 5.62. The zero-order valence-corrected chi connectivity index (χ0v) is 13.3. The molecule has 0 spiro atoms. The van der Waals surface area contributed by atoms with Crippen molar-refractivity contribution in [1.82, 2.24) is 4.90 Å². The summed E-state index contributed by atoms with van der Waals surface area (Å²) >= 11 is 0. The molecule has 2 aliphatic heterocycles. The quantitative estimate of drug-likeness (QED) is 0.874. The lowest BCUT2D eigenvalue weighted by Crippen LogP contribution is -2.37. The van der Waals surface area contributed by atoms with Crippen molar-refractivity contribution < 1.29 is 14.3 Å². The molecule has 0 unspecified atom stereocenters. The van der Waals surface area contributed by atoms with Gasteiger partial charge in [-0.05, 0) is 22.9 Å². The van der Waals surface area contributed by atoms with E-state index in [4.69, 9.17) is 9.47 Å². The molecule has 0 N–H and O–H groups in total. The highest BCUT2D eigenvalue weighted by atomic mass is 16.5. The molecule has 2 atom stereocenters. The van der Waals surface area contributed by atoms with Crippen molar-refractivity contribution in [2.75, 3.05) is 40.0 Å². The standard InChI is InChI=1S/C19H21NO3/c1-22-12-19-11-20(9-17(19)10-23-13-19)18(21)16-7-6-14-4-2-3-5-15(14)8-16/h2-8,17H,9-13H2,1H3/t17-,19-/m1/s1. The molecule has 4 nitrogen and oxygen atoms in total. The number of nitrogens with zero attached hydrogens (tertiary/aromatic N) is 1. The van der Waals surface area contributed by atoms with E-state index in [1.807, 2.05) is 41.3 Å². The van der Waals surface area contributed by atoms with E-state index < -0.39 is 0 Å². The van der Waals surface area contributed by atoms with Crippen molar-refractivity contribution in [2.24, 2.45) is 11.3 Å². The maximum Gasteiger partial charge on any atom is 0.253 e. The zero-order chi connectivity index (χ0) is 15.9. The van der Waals surface area contributed by atoms with Crippen LogP contribution in [0.1, 0.15) is 10.4 Å². The largest absolute Gasteiger partial charge is 0.384 e. The molecule has 2 saturated heterocycles. The van der Waals surface area contributed by atoms with Crippen LogP contribution in [-0.4, -0.2) is 50.8 Å². The van der Waals surface area contributed by atoms with Crippen LogP contribution in [0.4, 0.5) is 0 Å². The summed E-state index contributed by atoms with van der Waals surface area (Å²) in [5.41, 5.74) is 0.735. The number of ether oxygens (including phenoxy) is 2. The summed E-state index contributed by atoms with van der Waals surface area (Å²) in [4.78, 5) is 14.9. The van der Waals surface area contributed by atoms with Gasteiger partial charge in [-0.1, -0.05) is 30.3 Å². The lowest BCUT2D eigenvalue weighted by atomic mass is 9.82. The second-order valence-electron chi connectivity index (χ2n) is 6.76. The molecule has 2 heterocycles. The molecule has 0 radical (unpaired) electrons. The summed E-state index contributed by atoms with van der Waals surface area (Å²) in [6, 6.07) is 14.1. The Labute approximate surface area is 136 Å². The lowest BCUT2D eigenvalue weighted by molar-refractivity contribution is 0.0489. The predicted octanol–water partition coefficient (Wildman–Crippen LogP) is 2.57. The first-order valence-corrected chi connectivity index (χ1v) is 8.07. The molecular weight excluding hydrogens is 290 g/mol. The highest BCUT2D eigenvalue weighted by molar-refractivity contribution is 5.98. The van der Waals surface area contributed by atoms with Crippen LogP contribution in [0.5, 0.6) is 0 Å². The van der Waals surface area contributed by atoms with E-state index in [0.29, 0.717) is 19.1 Å². The van der Waals surface area contributed by atoms with Crippen LogP contribution in [0.2, 0.25) is 0 Å². The van der Waals surface area contributed by atoms with E-state index in [2.05, 4.69) is 6.07 Å². The van der Waals surface area contributed by atoms with Crippen LogP contribution in [0.25, 0.3) is 10.8 Å². The van der Waals surface area contributed by atoms with Crippen LogP contribution in [0.15, 0.2) is 42.5 Å². The van der Waals surface area contributed by atoms with Gasteiger partial charge in [0.25, 0.3) is 5.91 Å². The van der Waals surface area contributed by atoms with Gasteiger partial charge in [0.05, 0.1) is 19.8 Å². The summed E-state index contributed by atoms with van der Waals surface area (Å²) in [5.74, 6) is 0.493. The second-order valence-corrected chi connectivity index (χ2v) is 6.76. The first kappa shape index (κ1) is 14.7. The Morgan fingerprint density at radius 2 is 2.13 bits per heavy atom. The highest BCUT2D eigenvalue weighted by Gasteiger charge is 2.51. The molecule has 2 aromatic carbocycles. The van der Waals surface area contributed by atoms with Gasteiger partial charge in [-0.2, -0.15) is 0 Å². The van der Waals surface area contributed by atoms with Crippen LogP contribution >= 0.6 is 0 Å². The average Bonchev–Trinajstić information content (AvgIpc) is 3.11. The third-order valence-corrected chi connectivity index (χ3v) is 5.24. The molecule has 0 aliphatic carbocycles. The van der Waals surface area contributed by atoms with Crippen molar-refractivity contribution in [3.63, 3.8) is 0 Å². The number of carbonyl (C=O) groups is 1. The Morgan fingerprint density at radius 3 is 2.96 bits per heavy atom. The number of benzene rings is 2. The van der Waals surface area contributed by atoms with Crippen molar-refractivity contribution in [3.8, 4) is 0 Å². The number of rotatable bonds is 3. The Kier molecular flexibility index (Phi) is 3.58. The Bertz CT molecular complexity index is 744. The minimum atomic E-state index is -0.0265. The van der Waals surface area contributed by atoms with E-state index in [-0.39, 0.29) is 11.3 Å². The van der Waals surface area contributed by atoms with Crippen LogP contribution in [0.3, 0.4) is 0 Å². The summed E-state index contributed by atoms with van der Waals surface area (Å²) in [6.07, 6.45) is 0. The fourth-order valence-electron chi connectivity index (χ4n) is 3.98. The van der Waals surface area contributed by atoms with E-state index in [1.165, 1.54) is 0 Å². The number of amides is 1. The molecule has 23 heavy (non-hydrogen) atoms. The first-order chi connectivity index (χ1) is 11.2. The molecule has 1 amide bonds. The lowest BCUT2D eigenvalue weighted by Gasteiger charge is -2.26.